The summed E-state index contributed by atoms with van der Waals surface area (Å²) in [5, 5.41) is 4.11. The van der Waals surface area contributed by atoms with E-state index < -0.39 is 0 Å². The molecule has 0 saturated carbocycles. The van der Waals surface area contributed by atoms with Gasteiger partial charge in [-0.2, -0.15) is 0 Å². The standard InChI is InChI=1S/C13H10Si/c1-2-5-11-9-13-12(6-3-7-14-13)8-10(11)4-1/h1-9,14H. The molecule has 0 unspecified atom stereocenters. The van der Waals surface area contributed by atoms with Crippen molar-refractivity contribution < 1.29 is 0 Å². The predicted molar refractivity (Wildman–Crippen MR) is 64.2 cm³/mol. The second kappa shape index (κ2) is 3.03. The fourth-order valence-corrected chi connectivity index (χ4v) is 2.96. The van der Waals surface area contributed by atoms with E-state index in [0.29, 0.717) is 9.12 Å². The van der Waals surface area contributed by atoms with Crippen molar-refractivity contribution in [2.75, 3.05) is 0 Å². The Bertz CT molecular complexity index is 494. The first-order valence-electron chi connectivity index (χ1n) is 4.81. The van der Waals surface area contributed by atoms with E-state index in [1.54, 1.807) is 0 Å². The van der Waals surface area contributed by atoms with Crippen molar-refractivity contribution in [3.8, 4) is 0 Å². The van der Waals surface area contributed by atoms with Crippen LogP contribution in [-0.4, -0.2) is 9.12 Å². The molecule has 0 bridgehead atoms. The summed E-state index contributed by atoms with van der Waals surface area (Å²) in [6, 6.07) is 17.6. The molecule has 3 aromatic rings. The molecule has 0 amide bonds. The van der Waals surface area contributed by atoms with Gasteiger partial charge < -0.3 is 0 Å². The number of benzene rings is 2. The smallest absolute Gasteiger partial charge is 0.0301 e. The molecule has 0 saturated heterocycles. The van der Waals surface area contributed by atoms with Crippen molar-refractivity contribution in [1.29, 1.82) is 0 Å². The zero-order valence-electron chi connectivity index (χ0n) is 7.77. The van der Waals surface area contributed by atoms with E-state index in [1.165, 1.54) is 21.2 Å². The fraction of sp³-hybridized carbons (Fsp3) is 0. The van der Waals surface area contributed by atoms with Crippen LogP contribution in [0.4, 0.5) is 0 Å². The Morgan fingerprint density at radius 3 is 2.29 bits per heavy atom. The van der Waals surface area contributed by atoms with Gasteiger partial charge in [0, 0.05) is 9.12 Å². The zero-order chi connectivity index (χ0) is 9.38. The average molecular weight is 194 g/mol. The molecule has 0 atom stereocenters. The van der Waals surface area contributed by atoms with Gasteiger partial charge in [-0.3, -0.25) is 0 Å². The molecule has 2 aromatic carbocycles. The first-order valence-corrected chi connectivity index (χ1v) is 6.05. The Morgan fingerprint density at radius 2 is 1.43 bits per heavy atom. The third kappa shape index (κ3) is 1.17. The van der Waals surface area contributed by atoms with Gasteiger partial charge in [0.05, 0.1) is 0 Å². The third-order valence-electron chi connectivity index (χ3n) is 2.61. The van der Waals surface area contributed by atoms with Crippen LogP contribution in [0.25, 0.3) is 21.2 Å². The van der Waals surface area contributed by atoms with Crippen molar-refractivity contribution in [3.63, 3.8) is 0 Å². The highest BCUT2D eigenvalue weighted by atomic mass is 28.2. The maximum Gasteiger partial charge on any atom is 0.0301 e. The summed E-state index contributed by atoms with van der Waals surface area (Å²) < 4.78 is 0. The lowest BCUT2D eigenvalue weighted by Gasteiger charge is -2.00. The molecule has 1 heterocycles. The van der Waals surface area contributed by atoms with E-state index in [0.717, 1.165) is 0 Å². The summed E-state index contributed by atoms with van der Waals surface area (Å²) in [5.74, 6) is 0. The summed E-state index contributed by atoms with van der Waals surface area (Å²) in [5.41, 5.74) is 2.29. The third-order valence-corrected chi connectivity index (χ3v) is 3.89. The Labute approximate surface area is 84.9 Å². The van der Waals surface area contributed by atoms with Gasteiger partial charge in [-0.05, 0) is 27.2 Å². The van der Waals surface area contributed by atoms with Crippen LogP contribution >= 0.6 is 0 Å². The van der Waals surface area contributed by atoms with Crippen LogP contribution in [-0.2, 0) is 0 Å². The Hall–Kier alpha value is -1.47. The molecule has 0 spiro atoms. The van der Waals surface area contributed by atoms with Gasteiger partial charge in [-0.15, -0.1) is 0 Å². The van der Waals surface area contributed by atoms with Crippen LogP contribution in [0.5, 0.6) is 0 Å². The second-order valence-electron chi connectivity index (χ2n) is 3.55. The zero-order valence-corrected chi connectivity index (χ0v) is 8.93. The van der Waals surface area contributed by atoms with Crippen LogP contribution < -0.4 is 0 Å². The molecular formula is C13H10Si. The van der Waals surface area contributed by atoms with E-state index >= 15 is 0 Å². The van der Waals surface area contributed by atoms with E-state index in [2.05, 4.69) is 54.2 Å². The van der Waals surface area contributed by atoms with Gasteiger partial charge in [-0.25, -0.2) is 0 Å². The molecule has 0 radical (unpaired) electrons. The van der Waals surface area contributed by atoms with Crippen molar-refractivity contribution in [2.24, 2.45) is 0 Å². The number of rotatable bonds is 0. The number of hydrogen-bond acceptors (Lipinski definition) is 0. The molecule has 14 heavy (non-hydrogen) atoms. The summed E-state index contributed by atoms with van der Waals surface area (Å²) >= 11 is 0. The molecule has 1 heteroatoms. The lowest BCUT2D eigenvalue weighted by atomic mass is 10.1. The number of hydrogen-bond donors (Lipinski definition) is 0. The van der Waals surface area contributed by atoms with E-state index in [9.17, 15) is 0 Å². The minimum Gasteiger partial charge on any atom is -0.0799 e. The largest absolute Gasteiger partial charge is 0.0799 e. The van der Waals surface area contributed by atoms with Gasteiger partial charge in [0.15, 0.2) is 0 Å². The van der Waals surface area contributed by atoms with Gasteiger partial charge in [0.25, 0.3) is 0 Å². The maximum absolute atomic E-state index is 2.33. The minimum absolute atomic E-state index is 0.341. The van der Waals surface area contributed by atoms with Crippen LogP contribution in [0.2, 0.25) is 0 Å². The molecule has 1 aromatic heterocycles. The van der Waals surface area contributed by atoms with Crippen LogP contribution in [0, 0.1) is 0 Å². The summed E-state index contributed by atoms with van der Waals surface area (Å²) in [4.78, 5) is 1.52. The molecule has 0 N–H and O–H groups in total. The topological polar surface area (TPSA) is 0 Å². The molecule has 0 fully saturated rings. The molecule has 0 aliphatic heterocycles. The molecule has 3 rings (SSSR count). The van der Waals surface area contributed by atoms with Crippen molar-refractivity contribution in [2.45, 2.75) is 0 Å². The normalized spacial score (nSPS) is 10.9. The van der Waals surface area contributed by atoms with Crippen LogP contribution in [0.15, 0.2) is 54.2 Å². The van der Waals surface area contributed by atoms with Crippen LogP contribution in [0.3, 0.4) is 0 Å². The lowest BCUT2D eigenvalue weighted by molar-refractivity contribution is 1.80. The predicted octanol–water partition coefficient (Wildman–Crippen LogP) is 3.06. The minimum atomic E-state index is 0.341. The Balaban J connectivity index is 2.52. The van der Waals surface area contributed by atoms with Crippen molar-refractivity contribution in [3.05, 3.63) is 54.2 Å². The van der Waals surface area contributed by atoms with Gasteiger partial charge in [-0.1, -0.05) is 48.1 Å². The van der Waals surface area contributed by atoms with Gasteiger partial charge in [0.1, 0.15) is 0 Å². The maximum atomic E-state index is 2.33. The monoisotopic (exact) mass is 194 g/mol. The van der Waals surface area contributed by atoms with E-state index in [1.807, 2.05) is 0 Å². The highest BCUT2D eigenvalue weighted by Gasteiger charge is 1.95. The van der Waals surface area contributed by atoms with Gasteiger partial charge in [0.2, 0.25) is 0 Å². The molecular weight excluding hydrogens is 184 g/mol. The first-order chi connectivity index (χ1) is 6.93. The molecule has 66 valence electrons. The molecule has 0 aliphatic carbocycles. The second-order valence-corrected chi connectivity index (χ2v) is 4.89. The summed E-state index contributed by atoms with van der Waals surface area (Å²) in [6.45, 7) is 0. The Kier molecular flexibility index (Phi) is 1.71. The van der Waals surface area contributed by atoms with Crippen LogP contribution in [0.1, 0.15) is 0 Å². The van der Waals surface area contributed by atoms with Crippen molar-refractivity contribution >= 4 is 30.3 Å². The average Bonchev–Trinajstić information content (AvgIpc) is 2.26. The summed E-state index contributed by atoms with van der Waals surface area (Å²) in [6.07, 6.45) is 0. The SMILES string of the molecule is c1ccc2cc3[siH]cccc3cc2c1. The quantitative estimate of drug-likeness (QED) is 0.381. The summed E-state index contributed by atoms with van der Waals surface area (Å²) in [7, 11) is 0.341. The first kappa shape index (κ1) is 7.89. The molecule has 0 aliphatic rings. The van der Waals surface area contributed by atoms with Gasteiger partial charge >= 0.3 is 0 Å². The van der Waals surface area contributed by atoms with Crippen molar-refractivity contribution in [1.82, 2.24) is 0 Å². The highest BCUT2D eigenvalue weighted by molar-refractivity contribution is 6.46. The van der Waals surface area contributed by atoms with E-state index in [4.69, 9.17) is 0 Å². The number of fused-ring (bicyclic) bond motifs is 2. The lowest BCUT2D eigenvalue weighted by Crippen LogP contribution is -1.79. The van der Waals surface area contributed by atoms with E-state index in [-0.39, 0.29) is 0 Å². The molecule has 0 nitrogen and oxygen atoms in total. The Morgan fingerprint density at radius 1 is 0.714 bits per heavy atom. The fourth-order valence-electron chi connectivity index (χ4n) is 1.88. The highest BCUT2D eigenvalue weighted by Crippen LogP contribution is 2.20.